The Morgan fingerprint density at radius 2 is 1.23 bits per heavy atom. The van der Waals surface area contributed by atoms with Crippen LogP contribution in [0.2, 0.25) is 0 Å². The maximum Gasteiger partial charge on any atom is 0.337 e. The van der Waals surface area contributed by atoms with Crippen LogP contribution in [0.1, 0.15) is 22.3 Å². The van der Waals surface area contributed by atoms with Gasteiger partial charge in [-0.25, -0.2) is 13.2 Å². The smallest absolute Gasteiger partial charge is 0.337 e. The van der Waals surface area contributed by atoms with E-state index >= 15 is 0 Å². The summed E-state index contributed by atoms with van der Waals surface area (Å²) in [6, 6.07) is 20.2. The average molecular weight is 605 g/mol. The number of benzene rings is 4. The van der Waals surface area contributed by atoms with Gasteiger partial charge >= 0.3 is 5.97 Å². The molecule has 0 radical (unpaired) electrons. The van der Waals surface area contributed by atoms with Gasteiger partial charge in [0.1, 0.15) is 18.1 Å². The quantitative estimate of drug-likeness (QED) is 0.0991. The molecule has 0 spiro atoms. The minimum atomic E-state index is -3.75. The summed E-state index contributed by atoms with van der Waals surface area (Å²) >= 11 is 0. The van der Waals surface area contributed by atoms with E-state index in [1.54, 1.807) is 37.4 Å². The maximum atomic E-state index is 13.1. The molecule has 0 saturated heterocycles. The normalized spacial score (nSPS) is 11.3. The highest BCUT2D eigenvalue weighted by Gasteiger charge is 2.20. The van der Waals surface area contributed by atoms with Gasteiger partial charge in [0.15, 0.2) is 11.5 Å². The largest absolute Gasteiger partial charge is 0.497 e. The Morgan fingerprint density at radius 3 is 1.79 bits per heavy atom. The van der Waals surface area contributed by atoms with E-state index in [2.05, 4.69) is 32.9 Å². The van der Waals surface area contributed by atoms with Crippen molar-refractivity contribution in [2.24, 2.45) is 0 Å². The van der Waals surface area contributed by atoms with Crippen molar-refractivity contribution in [3.05, 3.63) is 95.1 Å². The van der Waals surface area contributed by atoms with Crippen molar-refractivity contribution in [2.75, 3.05) is 34.0 Å². The lowest BCUT2D eigenvalue weighted by atomic mass is 9.95. The molecule has 9 heteroatoms. The number of carbonyl (C=O) groups is 1. The van der Waals surface area contributed by atoms with Crippen LogP contribution in [0.4, 0.5) is 0 Å². The van der Waals surface area contributed by atoms with E-state index in [4.69, 9.17) is 23.7 Å². The summed E-state index contributed by atoms with van der Waals surface area (Å²) < 4.78 is 53.7. The number of carbonyl (C=O) groups excluding carboxylic acids is 1. The molecule has 0 fully saturated rings. The van der Waals surface area contributed by atoms with E-state index in [1.165, 1.54) is 36.9 Å². The molecule has 0 N–H and O–H groups in total. The third-order valence-corrected chi connectivity index (χ3v) is 8.89. The van der Waals surface area contributed by atoms with E-state index in [-0.39, 0.29) is 28.8 Å². The Labute approximate surface area is 253 Å². The van der Waals surface area contributed by atoms with Gasteiger partial charge in [-0.3, -0.25) is 0 Å². The van der Waals surface area contributed by atoms with Gasteiger partial charge in [-0.2, -0.15) is 0 Å². The van der Waals surface area contributed by atoms with Crippen LogP contribution in [0.5, 0.6) is 23.0 Å². The van der Waals surface area contributed by atoms with Crippen molar-refractivity contribution in [1.82, 2.24) is 0 Å². The average Bonchev–Trinajstić information content (AvgIpc) is 2.99. The van der Waals surface area contributed by atoms with Crippen LogP contribution in [-0.4, -0.2) is 48.4 Å². The first kappa shape index (κ1) is 31.7. The Balaban J connectivity index is 1.65. The lowest BCUT2D eigenvalue weighted by Gasteiger charge is -2.17. The second kappa shape index (κ2) is 13.9. The fourth-order valence-corrected chi connectivity index (χ4v) is 5.72. The lowest BCUT2D eigenvalue weighted by Crippen LogP contribution is -2.17. The number of hydrogen-bond donors (Lipinski definition) is 0. The van der Waals surface area contributed by atoms with E-state index in [0.717, 1.165) is 27.8 Å². The lowest BCUT2D eigenvalue weighted by molar-refractivity contribution is -0.140. The second-order valence-corrected chi connectivity index (χ2v) is 12.1. The first-order valence-corrected chi connectivity index (χ1v) is 15.2. The Hall–Kier alpha value is -4.18. The van der Waals surface area contributed by atoms with Gasteiger partial charge in [-0.15, -0.1) is 0 Å². The highest BCUT2D eigenvalue weighted by atomic mass is 32.2. The van der Waals surface area contributed by atoms with Gasteiger partial charge in [0.25, 0.3) is 0 Å². The SMILES string of the molecule is COCCOCC(=O)Oc1cc(-c2cc(C)c(C)c(C)c2)cc(C)c1Oc1ccc(S(=O)(=O)c2ccc(OC)cc2)cc1. The van der Waals surface area contributed by atoms with Crippen molar-refractivity contribution >= 4 is 15.8 Å². The van der Waals surface area contributed by atoms with E-state index < -0.39 is 15.8 Å². The predicted molar refractivity (Wildman–Crippen MR) is 164 cm³/mol. The Morgan fingerprint density at radius 1 is 0.698 bits per heavy atom. The molecule has 0 bridgehead atoms. The van der Waals surface area contributed by atoms with Gasteiger partial charge in [0.05, 0.1) is 30.1 Å². The molecule has 43 heavy (non-hydrogen) atoms. The summed E-state index contributed by atoms with van der Waals surface area (Å²) in [6.07, 6.45) is 0. The summed E-state index contributed by atoms with van der Waals surface area (Å²) in [5.41, 5.74) is 6.10. The van der Waals surface area contributed by atoms with Crippen molar-refractivity contribution in [2.45, 2.75) is 37.5 Å². The third-order valence-electron chi connectivity index (χ3n) is 7.10. The van der Waals surface area contributed by atoms with Gasteiger partial charge in [-0.05, 0) is 122 Å². The number of aryl methyl sites for hydroxylation is 3. The van der Waals surface area contributed by atoms with Gasteiger partial charge < -0.3 is 23.7 Å². The van der Waals surface area contributed by atoms with Crippen molar-refractivity contribution in [3.8, 4) is 34.1 Å². The molecule has 4 aromatic carbocycles. The number of methoxy groups -OCH3 is 2. The summed E-state index contributed by atoms with van der Waals surface area (Å²) in [6.45, 7) is 8.42. The molecule has 4 aromatic rings. The van der Waals surface area contributed by atoms with Crippen LogP contribution >= 0.6 is 0 Å². The van der Waals surface area contributed by atoms with Gasteiger partial charge in [0.2, 0.25) is 9.84 Å². The molecule has 0 aliphatic carbocycles. The minimum absolute atomic E-state index is 0.113. The van der Waals surface area contributed by atoms with E-state index in [1.807, 2.05) is 13.0 Å². The van der Waals surface area contributed by atoms with Crippen LogP contribution in [0.3, 0.4) is 0 Å². The summed E-state index contributed by atoms with van der Waals surface area (Å²) in [5.74, 6) is 0.908. The summed E-state index contributed by atoms with van der Waals surface area (Å²) in [5, 5.41) is 0. The molecule has 8 nitrogen and oxygen atoms in total. The number of rotatable bonds is 12. The predicted octanol–water partition coefficient (Wildman–Crippen LogP) is 6.79. The first-order valence-electron chi connectivity index (χ1n) is 13.7. The van der Waals surface area contributed by atoms with Crippen LogP contribution in [-0.2, 0) is 24.1 Å². The summed E-state index contributed by atoms with van der Waals surface area (Å²) in [4.78, 5) is 13.0. The fourth-order valence-electron chi connectivity index (χ4n) is 4.46. The van der Waals surface area contributed by atoms with Crippen LogP contribution in [0, 0.1) is 27.7 Å². The molecule has 226 valence electrons. The molecule has 0 amide bonds. The van der Waals surface area contributed by atoms with Gasteiger partial charge in [-0.1, -0.05) is 12.1 Å². The Bertz CT molecular complexity index is 1670. The van der Waals surface area contributed by atoms with Crippen molar-refractivity contribution in [3.63, 3.8) is 0 Å². The zero-order valence-electron chi connectivity index (χ0n) is 25.2. The molecule has 0 aliphatic heterocycles. The van der Waals surface area contributed by atoms with Gasteiger partial charge in [0, 0.05) is 7.11 Å². The van der Waals surface area contributed by atoms with Crippen molar-refractivity contribution in [1.29, 1.82) is 0 Å². The van der Waals surface area contributed by atoms with Crippen LogP contribution in [0.25, 0.3) is 11.1 Å². The summed E-state index contributed by atoms with van der Waals surface area (Å²) in [7, 11) is -0.679. The topological polar surface area (TPSA) is 97.4 Å². The fraction of sp³-hybridized carbons (Fsp3) is 0.265. The molecule has 0 aliphatic rings. The monoisotopic (exact) mass is 604 g/mol. The van der Waals surface area contributed by atoms with Crippen LogP contribution in [0.15, 0.2) is 82.6 Å². The van der Waals surface area contributed by atoms with E-state index in [9.17, 15) is 13.2 Å². The zero-order valence-corrected chi connectivity index (χ0v) is 26.0. The minimum Gasteiger partial charge on any atom is -0.497 e. The number of hydrogen-bond acceptors (Lipinski definition) is 8. The number of ether oxygens (including phenoxy) is 5. The maximum absolute atomic E-state index is 13.1. The molecule has 0 unspecified atom stereocenters. The van der Waals surface area contributed by atoms with E-state index in [0.29, 0.717) is 23.9 Å². The zero-order chi connectivity index (χ0) is 31.1. The molecular weight excluding hydrogens is 568 g/mol. The molecule has 0 aromatic heterocycles. The molecule has 0 atom stereocenters. The molecule has 0 saturated carbocycles. The Kier molecular flexibility index (Phi) is 10.2. The highest BCUT2D eigenvalue weighted by molar-refractivity contribution is 7.91. The highest BCUT2D eigenvalue weighted by Crippen LogP contribution is 2.40. The first-order chi connectivity index (χ1) is 20.5. The third kappa shape index (κ3) is 7.62. The molecule has 4 rings (SSSR count). The van der Waals surface area contributed by atoms with Crippen LogP contribution < -0.4 is 14.2 Å². The second-order valence-electron chi connectivity index (χ2n) is 10.1. The number of esters is 1. The number of sulfone groups is 1. The van der Waals surface area contributed by atoms with Crippen molar-refractivity contribution < 1.29 is 36.9 Å². The molecular formula is C34H36O8S. The standard InChI is InChI=1S/C34H36O8S/c1-22-17-26(18-23(2)25(22)4)27-19-24(3)34(32(20-27)42-33(35)21-40-16-15-38-5)41-29-9-13-31(14-10-29)43(36,37)30-11-7-28(39-6)8-12-30/h7-14,17-20H,15-16,21H2,1-6H3. The molecule has 0 heterocycles.